The number of nitrogens with one attached hydrogen (secondary N) is 1. The number of ketones is 1. The summed E-state index contributed by atoms with van der Waals surface area (Å²) in [4.78, 5) is 48.6. The molecule has 1 rings (SSSR count). The van der Waals surface area contributed by atoms with Crippen LogP contribution in [0.15, 0.2) is 0 Å². The van der Waals surface area contributed by atoms with E-state index in [1.54, 1.807) is 6.92 Å². The Kier molecular flexibility index (Phi) is 8.18. The van der Waals surface area contributed by atoms with Crippen LogP contribution in [0, 0.1) is 5.92 Å². The average molecular weight is 386 g/mol. The topological polar surface area (TPSA) is 162 Å². The van der Waals surface area contributed by atoms with Gasteiger partial charge in [0, 0.05) is 6.04 Å². The SMILES string of the molecule is [2H]OC(=O)C[C@H](N)C(=O)C(N)(CC)C(=O)NC(CC(=O)OC)C1CCCCC1. The van der Waals surface area contributed by atoms with E-state index in [1.807, 2.05) is 0 Å². The van der Waals surface area contributed by atoms with E-state index in [0.29, 0.717) is 0 Å². The molecule has 3 atom stereocenters. The maximum Gasteiger partial charge on any atom is 0.307 e. The lowest BCUT2D eigenvalue weighted by molar-refractivity contribution is -0.144. The van der Waals surface area contributed by atoms with E-state index in [4.69, 9.17) is 17.6 Å². The zero-order valence-electron chi connectivity index (χ0n) is 17.0. The molecule has 0 radical (unpaired) electrons. The van der Waals surface area contributed by atoms with Gasteiger partial charge in [0.25, 0.3) is 1.43 Å². The van der Waals surface area contributed by atoms with Crippen LogP contribution >= 0.6 is 0 Å². The number of hydrogen-bond acceptors (Lipinski definition) is 8. The third-order valence-electron chi connectivity index (χ3n) is 5.28. The van der Waals surface area contributed by atoms with Crippen molar-refractivity contribution in [3.8, 4) is 0 Å². The number of Topliss-reactive ketones (excluding diaryl/α,β-unsaturated/α-hetero) is 1. The molecule has 1 aliphatic carbocycles. The third kappa shape index (κ3) is 6.28. The van der Waals surface area contributed by atoms with E-state index < -0.39 is 47.7 Å². The highest BCUT2D eigenvalue weighted by molar-refractivity contribution is 6.13. The first-order chi connectivity index (χ1) is 13.2. The molecule has 27 heavy (non-hydrogen) atoms. The van der Waals surface area contributed by atoms with Crippen LogP contribution in [0.2, 0.25) is 0 Å². The van der Waals surface area contributed by atoms with Crippen LogP contribution in [0.4, 0.5) is 0 Å². The van der Waals surface area contributed by atoms with Gasteiger partial charge in [0.1, 0.15) is 0 Å². The van der Waals surface area contributed by atoms with Crippen molar-refractivity contribution in [1.29, 1.82) is 1.43 Å². The minimum atomic E-state index is -1.95. The Morgan fingerprint density at radius 3 is 2.41 bits per heavy atom. The molecular formula is C18H31N3O6. The van der Waals surface area contributed by atoms with E-state index in [1.165, 1.54) is 7.11 Å². The maximum atomic E-state index is 12.9. The Morgan fingerprint density at radius 1 is 1.26 bits per heavy atom. The normalized spacial score (nSPS) is 19.8. The van der Waals surface area contributed by atoms with Crippen molar-refractivity contribution in [2.45, 2.75) is 75.9 Å². The fraction of sp³-hybridized carbons (Fsp3) is 0.778. The Balaban J connectivity index is 2.95. The molecule has 9 nitrogen and oxygen atoms in total. The van der Waals surface area contributed by atoms with Crippen molar-refractivity contribution < 1.29 is 29.0 Å². The number of ether oxygens (including phenoxy) is 1. The molecule has 1 fully saturated rings. The zero-order valence-corrected chi connectivity index (χ0v) is 16.0. The Bertz CT molecular complexity index is 582. The fourth-order valence-electron chi connectivity index (χ4n) is 3.48. The van der Waals surface area contributed by atoms with Gasteiger partial charge in [-0.1, -0.05) is 26.2 Å². The van der Waals surface area contributed by atoms with Crippen molar-refractivity contribution in [3.63, 3.8) is 0 Å². The van der Waals surface area contributed by atoms with Gasteiger partial charge in [-0.25, -0.2) is 0 Å². The second-order valence-corrected chi connectivity index (χ2v) is 7.13. The van der Waals surface area contributed by atoms with Crippen LogP contribution in [-0.2, 0) is 23.9 Å². The molecule has 9 heteroatoms. The number of carboxylic acid groups (broad SMARTS) is 1. The highest BCUT2D eigenvalue weighted by Gasteiger charge is 2.44. The molecule has 1 aliphatic rings. The number of carboxylic acids is 1. The molecule has 6 N–H and O–H groups in total. The maximum absolute atomic E-state index is 12.9. The van der Waals surface area contributed by atoms with Crippen LogP contribution in [-0.4, -0.2) is 53.5 Å². The van der Waals surface area contributed by atoms with Gasteiger partial charge in [-0.3, -0.25) is 19.2 Å². The summed E-state index contributed by atoms with van der Waals surface area (Å²) in [7, 11) is 1.27. The van der Waals surface area contributed by atoms with Crippen molar-refractivity contribution in [1.82, 2.24) is 5.32 Å². The van der Waals surface area contributed by atoms with E-state index in [0.717, 1.165) is 32.1 Å². The third-order valence-corrected chi connectivity index (χ3v) is 5.28. The van der Waals surface area contributed by atoms with Crippen LogP contribution in [0.25, 0.3) is 1.43 Å². The second-order valence-electron chi connectivity index (χ2n) is 7.13. The van der Waals surface area contributed by atoms with Gasteiger partial charge < -0.3 is 26.6 Å². The van der Waals surface area contributed by atoms with Gasteiger partial charge in [0.05, 0.1) is 26.0 Å². The van der Waals surface area contributed by atoms with Gasteiger partial charge in [-0.2, -0.15) is 0 Å². The molecule has 0 aromatic heterocycles. The first kappa shape index (κ1) is 21.3. The number of esters is 1. The fourth-order valence-corrected chi connectivity index (χ4v) is 3.48. The molecule has 154 valence electrons. The van der Waals surface area contributed by atoms with Crippen LogP contribution in [0.3, 0.4) is 0 Å². The smallest absolute Gasteiger partial charge is 0.307 e. The molecule has 0 saturated heterocycles. The highest BCUT2D eigenvalue weighted by atomic mass is 16.5. The van der Waals surface area contributed by atoms with Gasteiger partial charge in [-0.15, -0.1) is 0 Å². The van der Waals surface area contributed by atoms with Gasteiger partial charge >= 0.3 is 11.9 Å². The summed E-state index contributed by atoms with van der Waals surface area (Å²) < 4.78 is 11.3. The van der Waals surface area contributed by atoms with Crippen molar-refractivity contribution >= 4 is 23.6 Å². The molecule has 1 amide bonds. The Labute approximate surface area is 160 Å². The summed E-state index contributed by atoms with van der Waals surface area (Å²) in [6.07, 6.45) is 4.20. The first-order valence-electron chi connectivity index (χ1n) is 9.72. The average Bonchev–Trinajstić information content (AvgIpc) is 2.72. The number of aliphatic carboxylic acids is 1. The largest absolute Gasteiger partial charge is 0.481 e. The van der Waals surface area contributed by atoms with E-state index in [-0.39, 0.29) is 18.8 Å². The van der Waals surface area contributed by atoms with Crippen molar-refractivity contribution in [3.05, 3.63) is 0 Å². The summed E-state index contributed by atoms with van der Waals surface area (Å²) >= 11 is 0. The standard InChI is InChI=1S/C18H31N3O6/c1-3-18(20,16(25)12(19)9-14(22)23)17(26)21-13(10-15(24)27-2)11-7-5-4-6-8-11/h11-13H,3-10,19-20H2,1-2H3,(H,21,26)(H,22,23)/t12-,13?,18?/m0/s1/i/hD. The number of amides is 1. The summed E-state index contributed by atoms with van der Waals surface area (Å²) in [6.45, 7) is 1.56. The Morgan fingerprint density at radius 2 is 1.89 bits per heavy atom. The predicted octanol–water partition coefficient (Wildman–Crippen LogP) is 0.0932. The van der Waals surface area contributed by atoms with Crippen LogP contribution in [0.1, 0.15) is 58.3 Å². The Hall–Kier alpha value is -2.00. The van der Waals surface area contributed by atoms with E-state index in [9.17, 15) is 19.2 Å². The lowest BCUT2D eigenvalue weighted by Crippen LogP contribution is -2.65. The number of hydrogen-bond donors (Lipinski definition) is 4. The van der Waals surface area contributed by atoms with Gasteiger partial charge in [0.15, 0.2) is 11.3 Å². The lowest BCUT2D eigenvalue weighted by atomic mass is 9.81. The summed E-state index contributed by atoms with van der Waals surface area (Å²) in [5.41, 5.74) is 9.83. The molecule has 1 saturated carbocycles. The summed E-state index contributed by atoms with van der Waals surface area (Å²) in [5.74, 6) is -2.94. The predicted molar refractivity (Wildman–Crippen MR) is 97.6 cm³/mol. The molecule has 0 aromatic rings. The monoisotopic (exact) mass is 386 g/mol. The van der Waals surface area contributed by atoms with Crippen LogP contribution in [0.5, 0.6) is 0 Å². The highest BCUT2D eigenvalue weighted by Crippen LogP contribution is 2.28. The first-order valence-corrected chi connectivity index (χ1v) is 9.32. The molecular weight excluding hydrogens is 354 g/mol. The van der Waals surface area contributed by atoms with Crippen LogP contribution < -0.4 is 16.8 Å². The summed E-state index contributed by atoms with van der Waals surface area (Å²) in [6, 6.07) is -1.88. The zero-order chi connectivity index (χ0) is 21.3. The molecule has 0 aromatic carbocycles. The number of carbonyl (C=O) groups excluding carboxylic acids is 3. The number of methoxy groups -OCH3 is 1. The summed E-state index contributed by atoms with van der Waals surface area (Å²) in [5, 5.41) is 6.52. The number of carbonyl (C=O) groups is 4. The van der Waals surface area contributed by atoms with Crippen molar-refractivity contribution in [2.75, 3.05) is 7.11 Å². The lowest BCUT2D eigenvalue weighted by Gasteiger charge is -2.34. The van der Waals surface area contributed by atoms with E-state index >= 15 is 0 Å². The second kappa shape index (κ2) is 10.4. The molecule has 0 bridgehead atoms. The van der Waals surface area contributed by atoms with Crippen molar-refractivity contribution in [2.24, 2.45) is 17.4 Å². The van der Waals surface area contributed by atoms with E-state index in [2.05, 4.69) is 10.4 Å². The molecule has 0 heterocycles. The number of rotatable bonds is 10. The van der Waals surface area contributed by atoms with Gasteiger partial charge in [0.2, 0.25) is 5.91 Å². The minimum Gasteiger partial charge on any atom is -0.481 e. The van der Waals surface area contributed by atoms with Gasteiger partial charge in [-0.05, 0) is 25.2 Å². The number of nitrogens with two attached hydrogens (primary N) is 2. The molecule has 0 spiro atoms. The molecule has 0 aliphatic heterocycles. The quantitative estimate of drug-likeness (QED) is 0.303. The molecule has 2 unspecified atom stereocenters. The minimum absolute atomic E-state index is 0.0158.